The number of benzene rings is 2. The van der Waals surface area contributed by atoms with Crippen LogP contribution in [0.4, 0.5) is 0 Å². The number of thiophene rings is 2. The summed E-state index contributed by atoms with van der Waals surface area (Å²) in [6.07, 6.45) is 1.74. The van der Waals surface area contributed by atoms with Crippen LogP contribution >= 0.6 is 69.1 Å². The molecule has 2 aliphatic rings. The van der Waals surface area contributed by atoms with Crippen molar-refractivity contribution >= 4 is 80.9 Å². The average molecular weight is 741 g/mol. The van der Waals surface area contributed by atoms with Crippen molar-refractivity contribution in [1.29, 1.82) is 0 Å². The first-order valence-electron chi connectivity index (χ1n) is 14.6. The van der Waals surface area contributed by atoms with Crippen LogP contribution in [0.25, 0.3) is 32.5 Å². The lowest BCUT2D eigenvalue weighted by atomic mass is 10.1. The number of nitrogens with zero attached hydrogens (tertiary/aromatic N) is 4. The van der Waals surface area contributed by atoms with E-state index in [2.05, 4.69) is 22.8 Å². The maximum atomic E-state index is 13.4. The fraction of sp³-hybridized carbons (Fsp3) is 0.152. The summed E-state index contributed by atoms with van der Waals surface area (Å²) in [4.78, 5) is 29.0. The Labute approximate surface area is 296 Å². The van der Waals surface area contributed by atoms with Crippen molar-refractivity contribution in [1.82, 2.24) is 30.2 Å². The van der Waals surface area contributed by atoms with Gasteiger partial charge in [-0.1, -0.05) is 46.4 Å². The molecule has 47 heavy (non-hydrogen) atoms. The Morgan fingerprint density at radius 2 is 1.13 bits per heavy atom. The first kappa shape index (κ1) is 30.7. The maximum Gasteiger partial charge on any atom is 0.272 e. The van der Waals surface area contributed by atoms with E-state index in [1.807, 2.05) is 10.8 Å². The normalized spacial score (nSPS) is 12.5. The maximum absolute atomic E-state index is 13.4. The number of fused-ring (bicyclic) bond motifs is 6. The lowest BCUT2D eigenvalue weighted by Gasteiger charge is -2.09. The SMILES string of the molecule is O=C(NCCCNC(=O)c1nn(-c2ccc(Cl)cc2Cl)c2c1Cc1ccsc1-2)c1nn(-c2ccc(Cl)cc2Cl)c2c1Cc1ccsc1-2. The van der Waals surface area contributed by atoms with Crippen LogP contribution in [0.5, 0.6) is 0 Å². The number of hydrogen-bond acceptors (Lipinski definition) is 6. The van der Waals surface area contributed by atoms with Gasteiger partial charge < -0.3 is 10.6 Å². The van der Waals surface area contributed by atoms with Gasteiger partial charge in [-0.25, -0.2) is 9.36 Å². The Balaban J connectivity index is 0.960. The van der Waals surface area contributed by atoms with Gasteiger partial charge in [0.2, 0.25) is 0 Å². The zero-order chi connectivity index (χ0) is 32.4. The molecule has 236 valence electrons. The molecule has 2 N–H and O–H groups in total. The van der Waals surface area contributed by atoms with Gasteiger partial charge in [0, 0.05) is 47.1 Å². The molecule has 0 radical (unpaired) electrons. The third-order valence-electron chi connectivity index (χ3n) is 8.26. The van der Waals surface area contributed by atoms with Crippen molar-refractivity contribution in [3.05, 3.63) is 113 Å². The second kappa shape index (κ2) is 12.1. The van der Waals surface area contributed by atoms with E-state index in [1.165, 1.54) is 0 Å². The predicted molar refractivity (Wildman–Crippen MR) is 189 cm³/mol. The summed E-state index contributed by atoms with van der Waals surface area (Å²) >= 11 is 28.6. The molecule has 0 fully saturated rings. The van der Waals surface area contributed by atoms with Crippen LogP contribution in [0.15, 0.2) is 59.3 Å². The number of carbonyl (C=O) groups excluding carboxylic acids is 2. The molecule has 0 spiro atoms. The van der Waals surface area contributed by atoms with Crippen molar-refractivity contribution in [3.8, 4) is 32.5 Å². The standard InChI is InChI=1S/C33H22Cl4N6O2S2/c34-18-2-4-24(22(36)14-18)42-28-20(12-16-6-10-46-30(16)28)26(40-42)32(44)38-8-1-9-39-33(45)27-21-13-17-7-11-47-31(17)29(21)43(41-27)25-5-3-19(35)15-23(25)37/h2-7,10-11,14-15H,1,8-9,12-13H2,(H,38,44)(H,39,45). The topological polar surface area (TPSA) is 93.8 Å². The highest BCUT2D eigenvalue weighted by molar-refractivity contribution is 7.14. The molecular formula is C33H22Cl4N6O2S2. The summed E-state index contributed by atoms with van der Waals surface area (Å²) in [6, 6.07) is 14.6. The van der Waals surface area contributed by atoms with E-state index < -0.39 is 0 Å². The molecule has 2 aliphatic carbocycles. The fourth-order valence-electron chi connectivity index (χ4n) is 6.13. The Bertz CT molecular complexity index is 2090. The summed E-state index contributed by atoms with van der Waals surface area (Å²) < 4.78 is 3.47. The monoisotopic (exact) mass is 738 g/mol. The van der Waals surface area contributed by atoms with Gasteiger partial charge in [0.05, 0.1) is 42.6 Å². The van der Waals surface area contributed by atoms with Crippen LogP contribution in [0.3, 0.4) is 0 Å². The lowest BCUT2D eigenvalue weighted by Crippen LogP contribution is -2.31. The number of halogens is 4. The van der Waals surface area contributed by atoms with Gasteiger partial charge in [-0.05, 0) is 76.8 Å². The third kappa shape index (κ3) is 5.28. The summed E-state index contributed by atoms with van der Waals surface area (Å²) in [5.74, 6) is -0.566. The smallest absolute Gasteiger partial charge is 0.272 e. The Morgan fingerprint density at radius 3 is 1.55 bits per heavy atom. The number of amides is 2. The van der Waals surface area contributed by atoms with Gasteiger partial charge in [-0.3, -0.25) is 9.59 Å². The van der Waals surface area contributed by atoms with Crippen LogP contribution in [-0.4, -0.2) is 44.5 Å². The Kier molecular flexibility index (Phi) is 7.90. The van der Waals surface area contributed by atoms with Gasteiger partial charge in [0.25, 0.3) is 11.8 Å². The highest BCUT2D eigenvalue weighted by atomic mass is 35.5. The van der Waals surface area contributed by atoms with Crippen molar-refractivity contribution in [2.24, 2.45) is 0 Å². The van der Waals surface area contributed by atoms with Gasteiger partial charge in [0.15, 0.2) is 11.4 Å². The van der Waals surface area contributed by atoms with Crippen LogP contribution in [0.1, 0.15) is 49.7 Å². The first-order chi connectivity index (χ1) is 22.8. The first-order valence-corrected chi connectivity index (χ1v) is 17.9. The number of nitrogens with one attached hydrogen (secondary N) is 2. The molecule has 0 aliphatic heterocycles. The Morgan fingerprint density at radius 1 is 0.681 bits per heavy atom. The van der Waals surface area contributed by atoms with Gasteiger partial charge >= 0.3 is 0 Å². The van der Waals surface area contributed by atoms with E-state index in [0.717, 1.165) is 43.4 Å². The van der Waals surface area contributed by atoms with E-state index >= 15 is 0 Å². The molecule has 2 aromatic carbocycles. The number of rotatable bonds is 8. The second-order valence-corrected chi connectivity index (χ2v) is 14.7. The van der Waals surface area contributed by atoms with Crippen molar-refractivity contribution in [2.75, 3.05) is 13.1 Å². The van der Waals surface area contributed by atoms with E-state index in [1.54, 1.807) is 68.4 Å². The fourth-order valence-corrected chi connectivity index (χ4v) is 9.07. The van der Waals surface area contributed by atoms with E-state index in [4.69, 9.17) is 56.6 Å². The van der Waals surface area contributed by atoms with Crippen molar-refractivity contribution in [2.45, 2.75) is 19.3 Å². The molecular weight excluding hydrogens is 718 g/mol. The van der Waals surface area contributed by atoms with Gasteiger partial charge in [-0.2, -0.15) is 10.2 Å². The van der Waals surface area contributed by atoms with Crippen molar-refractivity contribution < 1.29 is 9.59 Å². The predicted octanol–water partition coefficient (Wildman–Crippen LogP) is 8.49. The van der Waals surface area contributed by atoms with Crippen LogP contribution in [0, 0.1) is 0 Å². The van der Waals surface area contributed by atoms with E-state index in [0.29, 0.717) is 75.2 Å². The molecule has 6 aromatic rings. The molecule has 0 saturated carbocycles. The molecule has 4 aromatic heterocycles. The molecule has 0 bridgehead atoms. The highest BCUT2D eigenvalue weighted by Gasteiger charge is 2.34. The minimum Gasteiger partial charge on any atom is -0.351 e. The Hall–Kier alpha value is -3.64. The summed E-state index contributed by atoms with van der Waals surface area (Å²) in [7, 11) is 0. The summed E-state index contributed by atoms with van der Waals surface area (Å²) in [5.41, 5.74) is 7.79. The molecule has 0 unspecified atom stereocenters. The van der Waals surface area contributed by atoms with Crippen LogP contribution < -0.4 is 10.6 Å². The summed E-state index contributed by atoms with van der Waals surface area (Å²) in [6.45, 7) is 0.683. The zero-order valence-corrected chi connectivity index (χ0v) is 28.9. The number of aromatic nitrogens is 4. The molecule has 14 heteroatoms. The minimum absolute atomic E-state index is 0.283. The molecule has 0 saturated heterocycles. The van der Waals surface area contributed by atoms with Crippen molar-refractivity contribution in [3.63, 3.8) is 0 Å². The molecule has 8 nitrogen and oxygen atoms in total. The quantitative estimate of drug-likeness (QED) is 0.153. The molecule has 2 amide bonds. The van der Waals surface area contributed by atoms with Crippen LogP contribution in [0.2, 0.25) is 20.1 Å². The average Bonchev–Trinajstić information content (AvgIpc) is 3.85. The molecule has 4 heterocycles. The number of carbonyl (C=O) groups is 2. The van der Waals surface area contributed by atoms with E-state index in [-0.39, 0.29) is 11.8 Å². The molecule has 0 atom stereocenters. The largest absolute Gasteiger partial charge is 0.351 e. The third-order valence-corrected chi connectivity index (χ3v) is 11.3. The highest BCUT2D eigenvalue weighted by Crippen LogP contribution is 2.45. The van der Waals surface area contributed by atoms with E-state index in [9.17, 15) is 9.59 Å². The minimum atomic E-state index is -0.283. The molecule has 8 rings (SSSR count). The zero-order valence-electron chi connectivity index (χ0n) is 24.2. The lowest BCUT2D eigenvalue weighted by molar-refractivity contribution is 0.0945. The van der Waals surface area contributed by atoms with Gasteiger partial charge in [-0.15, -0.1) is 22.7 Å². The number of hydrogen-bond donors (Lipinski definition) is 2. The summed E-state index contributed by atoms with van der Waals surface area (Å²) in [5, 5.41) is 21.4. The second-order valence-electron chi connectivity index (χ2n) is 11.1. The van der Waals surface area contributed by atoms with Crippen LogP contribution in [-0.2, 0) is 12.8 Å². The van der Waals surface area contributed by atoms with Gasteiger partial charge in [0.1, 0.15) is 0 Å².